The van der Waals surface area contributed by atoms with Crippen LogP contribution in [0.3, 0.4) is 0 Å². The molecule has 1 aromatic heterocycles. The van der Waals surface area contributed by atoms with Gasteiger partial charge >= 0.3 is 0 Å². The maximum Gasteiger partial charge on any atom is 0.0658 e. The van der Waals surface area contributed by atoms with E-state index >= 15 is 0 Å². The number of thiophene rings is 1. The molecule has 0 amide bonds. The van der Waals surface area contributed by atoms with Crippen LogP contribution in [0.5, 0.6) is 0 Å². The molecule has 1 aromatic rings. The van der Waals surface area contributed by atoms with Crippen LogP contribution in [-0.4, -0.2) is 18.8 Å². The molecule has 0 aliphatic rings. The van der Waals surface area contributed by atoms with Crippen molar-refractivity contribution < 1.29 is 5.11 Å². The van der Waals surface area contributed by atoms with E-state index in [0.717, 1.165) is 9.35 Å². The summed E-state index contributed by atoms with van der Waals surface area (Å²) in [6.07, 6.45) is 0. The molecule has 1 unspecified atom stereocenters. The minimum atomic E-state index is 0.0596. The van der Waals surface area contributed by atoms with Gasteiger partial charge in [0.05, 0.1) is 12.6 Å². The van der Waals surface area contributed by atoms with E-state index in [0.29, 0.717) is 0 Å². The Hall–Kier alpha value is 0.100. The first-order chi connectivity index (χ1) is 5.29. The molecule has 0 fully saturated rings. The smallest absolute Gasteiger partial charge is 0.0658 e. The van der Waals surface area contributed by atoms with Crippen molar-refractivity contribution in [2.75, 3.05) is 13.7 Å². The number of likely N-dealkylation sites (N-methyl/N-ethyl adjacent to an activating group) is 1. The Balaban J connectivity index is 2.81. The van der Waals surface area contributed by atoms with E-state index in [1.807, 2.05) is 18.5 Å². The summed E-state index contributed by atoms with van der Waals surface area (Å²) in [5.74, 6) is 0. The molecule has 62 valence electrons. The molecule has 0 bridgehead atoms. The quantitative estimate of drug-likeness (QED) is 0.838. The van der Waals surface area contributed by atoms with Gasteiger partial charge in [0.2, 0.25) is 0 Å². The van der Waals surface area contributed by atoms with E-state index in [1.165, 1.54) is 0 Å². The minimum absolute atomic E-state index is 0.0596. The van der Waals surface area contributed by atoms with Crippen LogP contribution < -0.4 is 5.32 Å². The van der Waals surface area contributed by atoms with Crippen molar-refractivity contribution in [2.24, 2.45) is 0 Å². The third kappa shape index (κ3) is 2.02. The van der Waals surface area contributed by atoms with Crippen LogP contribution in [0.2, 0.25) is 0 Å². The lowest BCUT2D eigenvalue weighted by Gasteiger charge is -2.10. The van der Waals surface area contributed by atoms with Gasteiger partial charge < -0.3 is 10.4 Å². The summed E-state index contributed by atoms with van der Waals surface area (Å²) in [6.45, 7) is 0.135. The van der Waals surface area contributed by atoms with Gasteiger partial charge in [0.1, 0.15) is 0 Å². The van der Waals surface area contributed by atoms with Crippen LogP contribution >= 0.6 is 27.3 Å². The molecule has 1 atom stereocenters. The fourth-order valence-corrected chi connectivity index (χ4v) is 2.61. The molecule has 2 N–H and O–H groups in total. The molecule has 0 aliphatic carbocycles. The van der Waals surface area contributed by atoms with Crippen LogP contribution in [0.1, 0.15) is 10.9 Å². The standard InChI is InChI=1S/C7H10BrNOS/c1-9-6(4-10)7-5(8)2-3-11-7/h2-3,6,9-10H,4H2,1H3. The molecule has 0 saturated carbocycles. The Bertz CT molecular complexity index is 222. The average Bonchev–Trinajstić information content (AvgIpc) is 2.40. The molecule has 0 radical (unpaired) electrons. The van der Waals surface area contributed by atoms with Gasteiger partial charge in [-0.25, -0.2) is 0 Å². The highest BCUT2D eigenvalue weighted by Gasteiger charge is 2.11. The summed E-state index contributed by atoms with van der Waals surface area (Å²) in [4.78, 5) is 1.15. The maximum absolute atomic E-state index is 8.95. The predicted molar refractivity (Wildman–Crippen MR) is 50.9 cm³/mol. The van der Waals surface area contributed by atoms with Crippen LogP contribution in [0, 0.1) is 0 Å². The number of aliphatic hydroxyl groups is 1. The van der Waals surface area contributed by atoms with Crippen LogP contribution in [0.4, 0.5) is 0 Å². The second-order valence-corrected chi connectivity index (χ2v) is 3.96. The molecule has 1 rings (SSSR count). The predicted octanol–water partition coefficient (Wildman–Crippen LogP) is 1.76. The number of rotatable bonds is 3. The Morgan fingerprint density at radius 3 is 2.91 bits per heavy atom. The lowest BCUT2D eigenvalue weighted by atomic mass is 10.2. The minimum Gasteiger partial charge on any atom is -0.394 e. The van der Waals surface area contributed by atoms with Gasteiger partial charge in [0, 0.05) is 9.35 Å². The topological polar surface area (TPSA) is 32.3 Å². The Morgan fingerprint density at radius 1 is 1.82 bits per heavy atom. The van der Waals surface area contributed by atoms with Crippen molar-refractivity contribution in [3.05, 3.63) is 20.8 Å². The fraction of sp³-hybridized carbons (Fsp3) is 0.429. The van der Waals surface area contributed by atoms with Gasteiger partial charge in [-0.1, -0.05) is 0 Å². The van der Waals surface area contributed by atoms with Crippen molar-refractivity contribution in [1.29, 1.82) is 0 Å². The van der Waals surface area contributed by atoms with E-state index in [1.54, 1.807) is 11.3 Å². The first-order valence-corrected chi connectivity index (χ1v) is 4.98. The van der Waals surface area contributed by atoms with E-state index in [2.05, 4.69) is 21.2 Å². The zero-order valence-corrected chi connectivity index (χ0v) is 8.58. The molecule has 4 heteroatoms. The third-order valence-electron chi connectivity index (χ3n) is 1.49. The average molecular weight is 236 g/mol. The Morgan fingerprint density at radius 2 is 2.55 bits per heavy atom. The van der Waals surface area contributed by atoms with Gasteiger partial charge in [-0.15, -0.1) is 11.3 Å². The highest BCUT2D eigenvalue weighted by molar-refractivity contribution is 9.10. The summed E-state index contributed by atoms with van der Waals surface area (Å²) in [5.41, 5.74) is 0. The molecule has 11 heavy (non-hydrogen) atoms. The van der Waals surface area contributed by atoms with E-state index in [9.17, 15) is 0 Å². The zero-order valence-electron chi connectivity index (χ0n) is 6.17. The van der Waals surface area contributed by atoms with Crippen molar-refractivity contribution in [3.8, 4) is 0 Å². The summed E-state index contributed by atoms with van der Waals surface area (Å²) in [7, 11) is 1.84. The highest BCUT2D eigenvalue weighted by Crippen LogP contribution is 2.28. The number of halogens is 1. The summed E-state index contributed by atoms with van der Waals surface area (Å²) < 4.78 is 1.07. The molecule has 0 spiro atoms. The first-order valence-electron chi connectivity index (χ1n) is 3.30. The molecule has 0 aromatic carbocycles. The number of aliphatic hydroxyl groups excluding tert-OH is 1. The number of nitrogens with one attached hydrogen (secondary N) is 1. The van der Waals surface area contributed by atoms with Gasteiger partial charge in [-0.2, -0.15) is 0 Å². The molecule has 0 saturated heterocycles. The van der Waals surface area contributed by atoms with Crippen molar-refractivity contribution in [2.45, 2.75) is 6.04 Å². The summed E-state index contributed by atoms with van der Waals surface area (Å²) in [5, 5.41) is 14.0. The monoisotopic (exact) mass is 235 g/mol. The molecule has 1 heterocycles. The second kappa shape index (κ2) is 4.21. The summed E-state index contributed by atoms with van der Waals surface area (Å²) in [6, 6.07) is 2.05. The molecule has 2 nitrogen and oxygen atoms in total. The van der Waals surface area contributed by atoms with Crippen LogP contribution in [0.15, 0.2) is 15.9 Å². The second-order valence-electron chi connectivity index (χ2n) is 2.16. The van der Waals surface area contributed by atoms with Gasteiger partial charge in [-0.05, 0) is 34.4 Å². The maximum atomic E-state index is 8.95. The van der Waals surface area contributed by atoms with Crippen LogP contribution in [0.25, 0.3) is 0 Å². The lowest BCUT2D eigenvalue weighted by Crippen LogP contribution is -2.18. The molecular weight excluding hydrogens is 226 g/mol. The number of hydrogen-bond acceptors (Lipinski definition) is 3. The molecule has 0 aliphatic heterocycles. The van der Waals surface area contributed by atoms with Crippen molar-refractivity contribution in [3.63, 3.8) is 0 Å². The highest BCUT2D eigenvalue weighted by atomic mass is 79.9. The van der Waals surface area contributed by atoms with Crippen molar-refractivity contribution in [1.82, 2.24) is 5.32 Å². The lowest BCUT2D eigenvalue weighted by molar-refractivity contribution is 0.252. The fourth-order valence-electron chi connectivity index (χ4n) is 0.859. The van der Waals surface area contributed by atoms with Gasteiger partial charge in [0.15, 0.2) is 0 Å². The Labute approximate surface area is 78.4 Å². The van der Waals surface area contributed by atoms with E-state index < -0.39 is 0 Å². The number of hydrogen-bond donors (Lipinski definition) is 2. The zero-order chi connectivity index (χ0) is 8.27. The van der Waals surface area contributed by atoms with Crippen molar-refractivity contribution >= 4 is 27.3 Å². The first kappa shape index (κ1) is 9.19. The van der Waals surface area contributed by atoms with E-state index in [4.69, 9.17) is 5.11 Å². The van der Waals surface area contributed by atoms with Gasteiger partial charge in [0.25, 0.3) is 0 Å². The molecular formula is C7H10BrNOS. The summed E-state index contributed by atoms with van der Waals surface area (Å²) >= 11 is 5.05. The van der Waals surface area contributed by atoms with E-state index in [-0.39, 0.29) is 12.6 Å². The van der Waals surface area contributed by atoms with Gasteiger partial charge in [-0.3, -0.25) is 0 Å². The van der Waals surface area contributed by atoms with Crippen LogP contribution in [-0.2, 0) is 0 Å². The third-order valence-corrected chi connectivity index (χ3v) is 3.48. The normalized spacial score (nSPS) is 13.4. The SMILES string of the molecule is CNC(CO)c1sccc1Br. The Kier molecular flexibility index (Phi) is 3.51. The largest absolute Gasteiger partial charge is 0.394 e.